The minimum Gasteiger partial charge on any atom is -0.465 e. The van der Waals surface area contributed by atoms with E-state index in [0.29, 0.717) is 29.5 Å². The number of carbonyl (C=O) groups is 1. The summed E-state index contributed by atoms with van der Waals surface area (Å²) in [4.78, 5) is 23.1. The van der Waals surface area contributed by atoms with Gasteiger partial charge in [0.1, 0.15) is 11.6 Å². The van der Waals surface area contributed by atoms with Crippen LogP contribution in [0.4, 0.5) is 38.0 Å². The fraction of sp³-hybridized carbons (Fsp3) is 0.560. The van der Waals surface area contributed by atoms with E-state index in [-0.39, 0.29) is 11.4 Å². The molecule has 206 valence electrons. The number of anilines is 2. The van der Waals surface area contributed by atoms with Gasteiger partial charge in [-0.05, 0) is 48.6 Å². The SMILES string of the molecule is COC(=O)c1cnc(N2CC3CC3C2)cc1C(F)(F)F.OCc1cnc(N2CC3CC3C2)cc1C(F)(F)F. The molecule has 2 saturated carbocycles. The Bertz CT molecular complexity index is 1200. The molecule has 2 aliphatic heterocycles. The molecule has 7 nitrogen and oxygen atoms in total. The molecule has 0 spiro atoms. The van der Waals surface area contributed by atoms with Gasteiger partial charge in [0.25, 0.3) is 0 Å². The number of aliphatic hydroxyl groups excluding tert-OH is 1. The van der Waals surface area contributed by atoms with Crippen LogP contribution in [0, 0.1) is 23.7 Å². The van der Waals surface area contributed by atoms with Crippen molar-refractivity contribution in [3.8, 4) is 0 Å². The number of rotatable bonds is 4. The van der Waals surface area contributed by atoms with Crippen LogP contribution in [-0.2, 0) is 23.7 Å². The number of ether oxygens (including phenoxy) is 1. The molecule has 6 rings (SSSR count). The number of fused-ring (bicyclic) bond motifs is 2. The van der Waals surface area contributed by atoms with Crippen LogP contribution in [0.15, 0.2) is 24.5 Å². The lowest BCUT2D eigenvalue weighted by Crippen LogP contribution is -2.24. The fourth-order valence-electron chi connectivity index (χ4n) is 5.33. The van der Waals surface area contributed by atoms with Gasteiger partial charge >= 0.3 is 18.3 Å². The Morgan fingerprint density at radius 1 is 0.868 bits per heavy atom. The van der Waals surface area contributed by atoms with E-state index in [0.717, 1.165) is 64.2 Å². The second kappa shape index (κ2) is 9.58. The maximum atomic E-state index is 13.0. The number of esters is 1. The van der Waals surface area contributed by atoms with E-state index in [1.54, 1.807) is 0 Å². The van der Waals surface area contributed by atoms with E-state index in [2.05, 4.69) is 14.7 Å². The summed E-state index contributed by atoms with van der Waals surface area (Å²) in [5.41, 5.74) is -2.49. The molecule has 4 atom stereocenters. The molecule has 0 bridgehead atoms. The molecular formula is C25H26F6N4O3. The molecule has 4 unspecified atom stereocenters. The molecule has 4 aliphatic rings. The lowest BCUT2D eigenvalue weighted by molar-refractivity contribution is -0.139. The molecular weight excluding hydrogens is 518 g/mol. The Hall–Kier alpha value is -3.09. The monoisotopic (exact) mass is 544 g/mol. The second-order valence-electron chi connectivity index (χ2n) is 10.3. The zero-order chi connectivity index (χ0) is 27.4. The number of carbonyl (C=O) groups excluding carboxylic acids is 1. The van der Waals surface area contributed by atoms with Gasteiger partial charge in [0, 0.05) is 44.1 Å². The molecule has 38 heavy (non-hydrogen) atoms. The summed E-state index contributed by atoms with van der Waals surface area (Å²) >= 11 is 0. The van der Waals surface area contributed by atoms with Crippen molar-refractivity contribution >= 4 is 17.6 Å². The van der Waals surface area contributed by atoms with Crippen LogP contribution in [0.5, 0.6) is 0 Å². The topological polar surface area (TPSA) is 78.8 Å². The van der Waals surface area contributed by atoms with Crippen molar-refractivity contribution in [1.29, 1.82) is 0 Å². The van der Waals surface area contributed by atoms with Crippen LogP contribution in [0.1, 0.15) is 39.9 Å². The summed E-state index contributed by atoms with van der Waals surface area (Å²) in [5, 5.41) is 8.93. The van der Waals surface area contributed by atoms with E-state index < -0.39 is 41.6 Å². The van der Waals surface area contributed by atoms with Crippen LogP contribution >= 0.6 is 0 Å². The molecule has 1 N–H and O–H groups in total. The third-order valence-corrected chi connectivity index (χ3v) is 7.65. The third kappa shape index (κ3) is 5.38. The summed E-state index contributed by atoms with van der Waals surface area (Å²) in [5.74, 6) is 2.07. The highest BCUT2D eigenvalue weighted by molar-refractivity contribution is 5.91. The fourth-order valence-corrected chi connectivity index (χ4v) is 5.33. The van der Waals surface area contributed by atoms with Crippen LogP contribution in [-0.4, -0.2) is 54.3 Å². The number of nitrogens with zero attached hydrogens (tertiary/aromatic N) is 4. The van der Waals surface area contributed by atoms with Crippen LogP contribution < -0.4 is 9.80 Å². The summed E-state index contributed by atoms with van der Waals surface area (Å²) < 4.78 is 82.0. The predicted octanol–water partition coefficient (Wildman–Crippen LogP) is 4.39. The molecule has 2 aliphatic carbocycles. The van der Waals surface area contributed by atoms with Gasteiger partial charge in [-0.15, -0.1) is 0 Å². The van der Waals surface area contributed by atoms with Gasteiger partial charge in [0.15, 0.2) is 0 Å². The van der Waals surface area contributed by atoms with E-state index in [4.69, 9.17) is 5.11 Å². The number of pyridine rings is 2. The molecule has 0 aromatic carbocycles. The highest BCUT2D eigenvalue weighted by atomic mass is 19.4. The Morgan fingerprint density at radius 2 is 1.32 bits per heavy atom. The van der Waals surface area contributed by atoms with Crippen molar-refractivity contribution in [1.82, 2.24) is 9.97 Å². The molecule has 2 aromatic rings. The number of piperidine rings is 2. The summed E-state index contributed by atoms with van der Waals surface area (Å²) in [7, 11) is 1.05. The average molecular weight is 544 g/mol. The quantitative estimate of drug-likeness (QED) is 0.452. The summed E-state index contributed by atoms with van der Waals surface area (Å²) in [6.45, 7) is 2.44. The number of alkyl halides is 6. The zero-order valence-corrected chi connectivity index (χ0v) is 20.4. The Morgan fingerprint density at radius 3 is 1.74 bits per heavy atom. The first-order chi connectivity index (χ1) is 17.9. The van der Waals surface area contributed by atoms with Crippen molar-refractivity contribution in [2.75, 3.05) is 43.1 Å². The number of aliphatic hydroxyl groups is 1. The van der Waals surface area contributed by atoms with Crippen LogP contribution in [0.25, 0.3) is 0 Å². The predicted molar refractivity (Wildman–Crippen MR) is 123 cm³/mol. The maximum absolute atomic E-state index is 13.0. The van der Waals surface area contributed by atoms with Gasteiger partial charge in [0.05, 0.1) is 30.4 Å². The lowest BCUT2D eigenvalue weighted by atomic mass is 10.1. The lowest BCUT2D eigenvalue weighted by Gasteiger charge is -2.21. The zero-order valence-electron chi connectivity index (χ0n) is 20.4. The Kier molecular flexibility index (Phi) is 6.69. The molecule has 2 saturated heterocycles. The number of halogens is 6. The molecule has 2 aromatic heterocycles. The normalized spacial score (nSPS) is 25.4. The summed E-state index contributed by atoms with van der Waals surface area (Å²) in [6.07, 6.45) is -4.63. The third-order valence-electron chi connectivity index (χ3n) is 7.65. The second-order valence-corrected chi connectivity index (χ2v) is 10.3. The van der Waals surface area contributed by atoms with Gasteiger partial charge in [-0.1, -0.05) is 0 Å². The van der Waals surface area contributed by atoms with Crippen molar-refractivity contribution in [3.05, 3.63) is 46.8 Å². The minimum atomic E-state index is -4.61. The van der Waals surface area contributed by atoms with E-state index in [1.165, 1.54) is 6.42 Å². The highest BCUT2D eigenvalue weighted by Crippen LogP contribution is 2.47. The number of methoxy groups -OCH3 is 1. The van der Waals surface area contributed by atoms with Crippen molar-refractivity contribution in [3.63, 3.8) is 0 Å². The van der Waals surface area contributed by atoms with Crippen LogP contribution in [0.2, 0.25) is 0 Å². The van der Waals surface area contributed by atoms with Gasteiger partial charge in [-0.3, -0.25) is 0 Å². The smallest absolute Gasteiger partial charge is 0.417 e. The molecule has 0 amide bonds. The van der Waals surface area contributed by atoms with Crippen LogP contribution in [0.3, 0.4) is 0 Å². The highest BCUT2D eigenvalue weighted by Gasteiger charge is 2.47. The maximum Gasteiger partial charge on any atom is 0.417 e. The van der Waals surface area contributed by atoms with Gasteiger partial charge in [-0.25, -0.2) is 14.8 Å². The average Bonchev–Trinajstić information content (AvgIpc) is 3.72. The Balaban J connectivity index is 0.000000156. The van der Waals surface area contributed by atoms with Gasteiger partial charge < -0.3 is 19.6 Å². The number of hydrogen-bond donors (Lipinski definition) is 1. The molecule has 4 fully saturated rings. The molecule has 0 radical (unpaired) electrons. The molecule has 4 heterocycles. The van der Waals surface area contributed by atoms with E-state index in [9.17, 15) is 31.1 Å². The van der Waals surface area contributed by atoms with Crippen molar-refractivity contribution in [2.45, 2.75) is 31.8 Å². The van der Waals surface area contributed by atoms with Gasteiger partial charge in [-0.2, -0.15) is 26.3 Å². The first-order valence-corrected chi connectivity index (χ1v) is 12.2. The largest absolute Gasteiger partial charge is 0.465 e. The first-order valence-electron chi connectivity index (χ1n) is 12.2. The minimum absolute atomic E-state index is 0.171. The Labute approximate surface area is 214 Å². The number of aromatic nitrogens is 2. The van der Waals surface area contributed by atoms with Crippen molar-refractivity contribution in [2.24, 2.45) is 23.7 Å². The number of hydrogen-bond acceptors (Lipinski definition) is 7. The molecule has 13 heteroatoms. The summed E-state index contributed by atoms with van der Waals surface area (Å²) in [6, 6.07) is 1.99. The van der Waals surface area contributed by atoms with Gasteiger partial charge in [0.2, 0.25) is 0 Å². The van der Waals surface area contributed by atoms with E-state index in [1.807, 2.05) is 9.80 Å². The van der Waals surface area contributed by atoms with Crippen molar-refractivity contribution < 1.29 is 41.0 Å². The first kappa shape index (κ1) is 26.5. The van der Waals surface area contributed by atoms with E-state index >= 15 is 0 Å². The standard InChI is InChI=1S/C13H13F3N2O2.C12H13F3N2O/c1-20-12(19)9-4-17-11(3-10(9)13(14,15)16)18-5-7-2-8(7)6-18;13-12(14,15)10-2-11(16-3-9(10)6-18)17-4-7-1-8(7)5-17/h3-4,7-8H,2,5-6H2,1H3;2-3,7-8,18H,1,4-6H2.